The Morgan fingerprint density at radius 2 is 1.45 bits per heavy atom. The summed E-state index contributed by atoms with van der Waals surface area (Å²) in [7, 11) is -1.56. The van der Waals surface area contributed by atoms with Crippen molar-refractivity contribution in [1.82, 2.24) is 0 Å². The number of anilines is 1. The van der Waals surface area contributed by atoms with E-state index >= 15 is 0 Å². The van der Waals surface area contributed by atoms with Gasteiger partial charge >= 0.3 is 7.60 Å². The number of nitro groups is 1. The normalized spacial score (nSPS) is 14.4. The third-order valence-corrected chi connectivity index (χ3v) is 7.49. The van der Waals surface area contributed by atoms with E-state index in [1.165, 1.54) is 38.5 Å². The number of benzene rings is 3. The summed E-state index contributed by atoms with van der Waals surface area (Å²) in [6.45, 7) is 0. The Labute approximate surface area is 180 Å². The quantitative estimate of drug-likeness (QED) is 0.270. The molecule has 0 aliphatic carbocycles. The van der Waals surface area contributed by atoms with Crippen molar-refractivity contribution >= 4 is 19.0 Å². The van der Waals surface area contributed by atoms with E-state index in [1.54, 1.807) is 54.6 Å². The molecule has 3 aromatic rings. The van der Waals surface area contributed by atoms with E-state index < -0.39 is 23.9 Å². The minimum atomic E-state index is -4.06. The van der Waals surface area contributed by atoms with E-state index in [9.17, 15) is 19.8 Å². The fourth-order valence-corrected chi connectivity index (χ4v) is 5.40. The third kappa shape index (κ3) is 4.24. The lowest BCUT2D eigenvalue weighted by atomic mass is 9.94. The molecule has 8 nitrogen and oxygen atoms in total. The number of aliphatic hydroxyl groups excluding tert-OH is 1. The number of aliphatic hydroxyl groups is 1. The second-order valence-electron chi connectivity index (χ2n) is 6.74. The molecular weight excluding hydrogens is 419 g/mol. The van der Waals surface area contributed by atoms with Gasteiger partial charge < -0.3 is 19.5 Å². The minimum Gasteiger partial charge on any atom is -0.385 e. The molecule has 0 saturated carbocycles. The van der Waals surface area contributed by atoms with E-state index in [2.05, 4.69) is 5.32 Å². The molecule has 0 fully saturated rings. The topological polar surface area (TPSA) is 111 Å². The molecule has 0 aliphatic rings. The summed E-state index contributed by atoms with van der Waals surface area (Å²) in [5, 5.41) is 24.1. The van der Waals surface area contributed by atoms with Crippen molar-refractivity contribution in [3.05, 3.63) is 106 Å². The maximum Gasteiger partial charge on any atom is 0.362 e. The average Bonchev–Trinajstić information content (AvgIpc) is 2.82. The zero-order valence-corrected chi connectivity index (χ0v) is 17.9. The van der Waals surface area contributed by atoms with Gasteiger partial charge in [0.25, 0.3) is 5.69 Å². The summed E-state index contributed by atoms with van der Waals surface area (Å²) in [5.41, 5.74) is 1.20. The van der Waals surface area contributed by atoms with Crippen molar-refractivity contribution in [2.75, 3.05) is 19.5 Å². The smallest absolute Gasteiger partial charge is 0.362 e. The van der Waals surface area contributed by atoms with Crippen LogP contribution in [-0.4, -0.2) is 24.2 Å². The van der Waals surface area contributed by atoms with Crippen molar-refractivity contribution in [3.8, 4) is 0 Å². The largest absolute Gasteiger partial charge is 0.385 e. The van der Waals surface area contributed by atoms with Crippen LogP contribution in [0.25, 0.3) is 0 Å². The first-order valence-electron chi connectivity index (χ1n) is 9.40. The van der Waals surface area contributed by atoms with Gasteiger partial charge in [0.1, 0.15) is 6.10 Å². The van der Waals surface area contributed by atoms with Crippen LogP contribution in [0.4, 0.5) is 11.4 Å². The van der Waals surface area contributed by atoms with E-state index in [1.807, 2.05) is 6.07 Å². The Balaban J connectivity index is 2.27. The predicted molar refractivity (Wildman–Crippen MR) is 118 cm³/mol. The highest BCUT2D eigenvalue weighted by atomic mass is 31.2. The molecule has 0 amide bonds. The lowest BCUT2D eigenvalue weighted by Gasteiger charge is -2.43. The first kappa shape index (κ1) is 22.7. The van der Waals surface area contributed by atoms with Crippen molar-refractivity contribution in [1.29, 1.82) is 0 Å². The molecule has 3 rings (SSSR count). The predicted octanol–water partition coefficient (Wildman–Crippen LogP) is 5.08. The van der Waals surface area contributed by atoms with E-state index in [0.29, 0.717) is 16.8 Å². The van der Waals surface area contributed by atoms with Crippen LogP contribution in [0, 0.1) is 10.1 Å². The van der Waals surface area contributed by atoms with Crippen LogP contribution >= 0.6 is 7.60 Å². The van der Waals surface area contributed by atoms with Crippen LogP contribution in [0.1, 0.15) is 17.2 Å². The number of hydrogen-bond donors (Lipinski definition) is 2. The molecule has 3 aromatic carbocycles. The zero-order valence-electron chi connectivity index (χ0n) is 17.0. The summed E-state index contributed by atoms with van der Waals surface area (Å²) < 4.78 is 24.8. The van der Waals surface area contributed by atoms with Gasteiger partial charge in [0.15, 0.2) is 5.28 Å². The number of nitro benzene ring substituents is 1. The standard InChI is InChI=1S/C22H23N2O6P/c1-29-31(28,30-2)22(18-9-5-3-6-10-18,23-19-11-7-4-8-12-19)21(25)17-13-15-20(16-14-17)24(26)27/h3-16,21,23,25H,1-2H3/t21-,22-/m0/s1. The second kappa shape index (κ2) is 9.41. The van der Waals surface area contributed by atoms with Gasteiger partial charge in [0, 0.05) is 32.0 Å². The summed E-state index contributed by atoms with van der Waals surface area (Å²) in [4.78, 5) is 10.5. The van der Waals surface area contributed by atoms with E-state index in [4.69, 9.17) is 9.05 Å². The monoisotopic (exact) mass is 442 g/mol. The fraction of sp³-hybridized carbons (Fsp3) is 0.182. The molecule has 0 aromatic heterocycles. The first-order valence-corrected chi connectivity index (χ1v) is 10.9. The maximum atomic E-state index is 14.0. The highest BCUT2D eigenvalue weighted by Gasteiger charge is 2.57. The number of non-ortho nitro benzene ring substituents is 1. The van der Waals surface area contributed by atoms with Crippen LogP contribution in [0.3, 0.4) is 0 Å². The molecule has 2 atom stereocenters. The van der Waals surface area contributed by atoms with Crippen LogP contribution < -0.4 is 5.32 Å². The highest BCUT2D eigenvalue weighted by Crippen LogP contribution is 2.68. The Kier molecular flexibility index (Phi) is 6.87. The SMILES string of the molecule is COP(=O)(OC)[C@@](Nc1ccccc1)(c1ccccc1)[C@@H](O)c1ccc([N+](=O)[O-])cc1. The Hall–Kier alpha value is -3.03. The van der Waals surface area contributed by atoms with Crippen LogP contribution in [0.2, 0.25) is 0 Å². The number of hydrogen-bond acceptors (Lipinski definition) is 7. The molecule has 0 heterocycles. The van der Waals surface area contributed by atoms with Crippen molar-refractivity contribution < 1.29 is 23.6 Å². The lowest BCUT2D eigenvalue weighted by Crippen LogP contribution is -2.42. The molecule has 31 heavy (non-hydrogen) atoms. The molecule has 0 spiro atoms. The number of nitrogens with zero attached hydrogens (tertiary/aromatic N) is 1. The van der Waals surface area contributed by atoms with Crippen molar-refractivity contribution in [3.63, 3.8) is 0 Å². The van der Waals surface area contributed by atoms with Gasteiger partial charge in [-0.2, -0.15) is 0 Å². The summed E-state index contributed by atoms with van der Waals surface area (Å²) in [5.74, 6) is 0. The molecule has 0 radical (unpaired) electrons. The number of nitrogens with one attached hydrogen (secondary N) is 1. The van der Waals surface area contributed by atoms with Crippen LogP contribution in [-0.2, 0) is 18.9 Å². The Morgan fingerprint density at radius 1 is 0.935 bits per heavy atom. The Morgan fingerprint density at radius 3 is 1.94 bits per heavy atom. The summed E-state index contributed by atoms with van der Waals surface area (Å²) in [6, 6.07) is 23.0. The average molecular weight is 442 g/mol. The van der Waals surface area contributed by atoms with Crippen LogP contribution in [0.5, 0.6) is 0 Å². The van der Waals surface area contributed by atoms with Gasteiger partial charge in [-0.3, -0.25) is 14.7 Å². The molecule has 9 heteroatoms. The molecule has 2 N–H and O–H groups in total. The first-order chi connectivity index (χ1) is 14.9. The third-order valence-electron chi connectivity index (χ3n) is 5.05. The van der Waals surface area contributed by atoms with Gasteiger partial charge in [-0.1, -0.05) is 48.5 Å². The Bertz CT molecular complexity index is 1050. The van der Waals surface area contributed by atoms with Gasteiger partial charge in [-0.05, 0) is 35.4 Å². The van der Waals surface area contributed by atoms with Gasteiger partial charge in [-0.25, -0.2) is 0 Å². The summed E-state index contributed by atoms with van der Waals surface area (Å²) >= 11 is 0. The molecule has 162 valence electrons. The molecule has 0 aliphatic heterocycles. The van der Waals surface area contributed by atoms with E-state index in [-0.39, 0.29) is 5.69 Å². The molecular formula is C22H23N2O6P. The van der Waals surface area contributed by atoms with Gasteiger partial charge in [-0.15, -0.1) is 0 Å². The van der Waals surface area contributed by atoms with Gasteiger partial charge in [0.05, 0.1) is 4.92 Å². The number of para-hydroxylation sites is 1. The zero-order chi connectivity index (χ0) is 22.5. The van der Waals surface area contributed by atoms with Crippen molar-refractivity contribution in [2.24, 2.45) is 0 Å². The number of rotatable bonds is 9. The van der Waals surface area contributed by atoms with Crippen LogP contribution in [0.15, 0.2) is 84.9 Å². The second-order valence-corrected chi connectivity index (χ2v) is 9.17. The molecule has 0 saturated heterocycles. The lowest BCUT2D eigenvalue weighted by molar-refractivity contribution is -0.384. The van der Waals surface area contributed by atoms with Gasteiger partial charge in [0.2, 0.25) is 0 Å². The van der Waals surface area contributed by atoms with Crippen molar-refractivity contribution in [2.45, 2.75) is 11.4 Å². The van der Waals surface area contributed by atoms with E-state index in [0.717, 1.165) is 0 Å². The summed E-state index contributed by atoms with van der Waals surface area (Å²) in [6.07, 6.45) is -1.46. The highest BCUT2D eigenvalue weighted by molar-refractivity contribution is 7.55. The molecule has 0 unspecified atom stereocenters. The minimum absolute atomic E-state index is 0.126. The molecule has 0 bridgehead atoms. The maximum absolute atomic E-state index is 14.0. The fourth-order valence-electron chi connectivity index (χ4n) is 3.49.